The molecule has 200 valence electrons. The van der Waals surface area contributed by atoms with Crippen molar-refractivity contribution in [2.45, 2.75) is 26.4 Å². The molecule has 0 aliphatic rings. The van der Waals surface area contributed by atoms with Gasteiger partial charge in [0.1, 0.15) is 0 Å². The van der Waals surface area contributed by atoms with Gasteiger partial charge in [-0.05, 0) is 22.3 Å². The van der Waals surface area contributed by atoms with Crippen molar-refractivity contribution in [1.82, 2.24) is 0 Å². The molecule has 0 fully saturated rings. The Morgan fingerprint density at radius 1 is 0.400 bits per heavy atom. The van der Waals surface area contributed by atoms with Crippen molar-refractivity contribution in [3.63, 3.8) is 0 Å². The molecule has 0 amide bonds. The van der Waals surface area contributed by atoms with Crippen molar-refractivity contribution >= 4 is 15.6 Å². The Hall–Kier alpha value is -0.900. The van der Waals surface area contributed by atoms with Gasteiger partial charge in [0.05, 0.1) is 26.4 Å². The van der Waals surface area contributed by atoms with E-state index in [0.29, 0.717) is 0 Å². The molecule has 8 nitrogen and oxygen atoms in total. The molecule has 0 aliphatic heterocycles. The fourth-order valence-electron chi connectivity index (χ4n) is 2.99. The molecule has 12 heteroatoms. The Labute approximate surface area is 279 Å². The van der Waals surface area contributed by atoms with Crippen molar-refractivity contribution in [3.8, 4) is 0 Å². The summed E-state index contributed by atoms with van der Waals surface area (Å²) in [6, 6.07) is 36.3. The molecule has 0 saturated carbocycles. The van der Waals surface area contributed by atoms with Gasteiger partial charge in [0.25, 0.3) is 15.6 Å². The molecule has 0 unspecified atom stereocenters. The van der Waals surface area contributed by atoms with Crippen LogP contribution in [0, 0.1) is 0 Å². The number of hydrogen-bond acceptors (Lipinski definition) is 8. The number of benzene rings is 4. The van der Waals surface area contributed by atoms with Crippen LogP contribution in [0.5, 0.6) is 0 Å². The molecule has 0 atom stereocenters. The van der Waals surface area contributed by atoms with Crippen LogP contribution in [0.1, 0.15) is 22.3 Å². The SMILES string of the molecule is O=P([O-])(OCc1ccccc1)OCc1ccccc1.O=P([O-])(OCc1ccccc1)OCc1ccccc1.[Na+].[Na+]. The van der Waals surface area contributed by atoms with E-state index in [0.717, 1.165) is 22.3 Å². The molecule has 4 aromatic carbocycles. The zero-order chi connectivity index (χ0) is 27.1. The molecule has 0 bridgehead atoms. The van der Waals surface area contributed by atoms with Crippen LogP contribution < -0.4 is 68.9 Å². The Morgan fingerprint density at radius 2 is 0.575 bits per heavy atom. The number of hydrogen-bond donors (Lipinski definition) is 0. The van der Waals surface area contributed by atoms with Crippen LogP contribution in [0.3, 0.4) is 0 Å². The van der Waals surface area contributed by atoms with E-state index in [-0.39, 0.29) is 85.5 Å². The van der Waals surface area contributed by atoms with Crippen LogP contribution >= 0.6 is 15.6 Å². The van der Waals surface area contributed by atoms with Gasteiger partial charge < -0.3 is 27.9 Å². The van der Waals surface area contributed by atoms with E-state index < -0.39 is 15.6 Å². The average molecular weight is 600 g/mol. The molecule has 0 spiro atoms. The van der Waals surface area contributed by atoms with Crippen LogP contribution in [0.2, 0.25) is 0 Å². The first-order valence-electron chi connectivity index (χ1n) is 11.7. The van der Waals surface area contributed by atoms with Crippen molar-refractivity contribution < 1.29 is 96.1 Å². The van der Waals surface area contributed by atoms with Gasteiger partial charge >= 0.3 is 59.1 Å². The predicted octanol–water partition coefficient (Wildman–Crippen LogP) is -0.215. The third kappa shape index (κ3) is 15.9. The predicted molar refractivity (Wildman–Crippen MR) is 140 cm³/mol. The van der Waals surface area contributed by atoms with Gasteiger partial charge in [-0.3, -0.25) is 9.13 Å². The molecule has 0 radical (unpaired) electrons. The van der Waals surface area contributed by atoms with Crippen LogP contribution in [-0.2, 0) is 53.7 Å². The smallest absolute Gasteiger partial charge is 0.756 e. The molecule has 0 N–H and O–H groups in total. The summed E-state index contributed by atoms with van der Waals surface area (Å²) < 4.78 is 42.4. The van der Waals surface area contributed by atoms with Crippen molar-refractivity contribution in [2.24, 2.45) is 0 Å². The van der Waals surface area contributed by atoms with Gasteiger partial charge in [-0.2, -0.15) is 0 Å². The van der Waals surface area contributed by atoms with E-state index >= 15 is 0 Å². The molecule has 0 saturated heterocycles. The third-order valence-corrected chi connectivity index (χ3v) is 6.71. The first kappa shape index (κ1) is 37.1. The Morgan fingerprint density at radius 3 is 0.750 bits per heavy atom. The fraction of sp³-hybridized carbons (Fsp3) is 0.143. The monoisotopic (exact) mass is 600 g/mol. The number of phosphoric acid groups is 2. The van der Waals surface area contributed by atoms with Crippen LogP contribution in [0.4, 0.5) is 0 Å². The Bertz CT molecular complexity index is 1100. The van der Waals surface area contributed by atoms with Gasteiger partial charge in [-0.15, -0.1) is 0 Å². The second-order valence-electron chi connectivity index (χ2n) is 7.93. The summed E-state index contributed by atoms with van der Waals surface area (Å²) in [5.41, 5.74) is 3.12. The zero-order valence-electron chi connectivity index (χ0n) is 22.5. The summed E-state index contributed by atoms with van der Waals surface area (Å²) in [5, 5.41) is 0. The summed E-state index contributed by atoms with van der Waals surface area (Å²) in [4.78, 5) is 23.1. The normalized spacial score (nSPS) is 10.8. The minimum Gasteiger partial charge on any atom is -0.756 e. The molecule has 0 aromatic heterocycles. The molecule has 4 aromatic rings. The quantitative estimate of drug-likeness (QED) is 0.162. The summed E-state index contributed by atoms with van der Waals surface area (Å²) in [6.45, 7) is -0.0698. The number of phosphoric ester groups is 2. The van der Waals surface area contributed by atoms with Crippen molar-refractivity contribution in [3.05, 3.63) is 144 Å². The van der Waals surface area contributed by atoms with Crippen molar-refractivity contribution in [1.29, 1.82) is 0 Å². The molecular formula is C28H28Na2O8P2. The standard InChI is InChI=1S/2C14H15O4P.2Na/c2*15-19(16,17-11-13-7-3-1-4-8-13)18-12-14-9-5-2-6-10-14;;/h2*1-10H,11-12H2,(H,15,16);;/q;;2*+1/p-2. The second kappa shape index (κ2) is 20.1. The van der Waals surface area contributed by atoms with Crippen LogP contribution in [-0.4, -0.2) is 0 Å². The molecular weight excluding hydrogens is 572 g/mol. The van der Waals surface area contributed by atoms with Gasteiger partial charge in [-0.25, -0.2) is 0 Å². The summed E-state index contributed by atoms with van der Waals surface area (Å²) in [5.74, 6) is 0. The van der Waals surface area contributed by atoms with Crippen molar-refractivity contribution in [2.75, 3.05) is 0 Å². The maximum atomic E-state index is 11.6. The minimum atomic E-state index is -4.27. The van der Waals surface area contributed by atoms with Crippen LogP contribution in [0.15, 0.2) is 121 Å². The maximum absolute atomic E-state index is 11.6. The summed E-state index contributed by atoms with van der Waals surface area (Å²) >= 11 is 0. The summed E-state index contributed by atoms with van der Waals surface area (Å²) in [7, 11) is -8.55. The average Bonchev–Trinajstić information content (AvgIpc) is 2.96. The zero-order valence-corrected chi connectivity index (χ0v) is 28.3. The van der Waals surface area contributed by atoms with Gasteiger partial charge in [-0.1, -0.05) is 121 Å². The van der Waals surface area contributed by atoms with E-state index in [1.54, 1.807) is 48.5 Å². The number of rotatable bonds is 12. The molecule has 0 aliphatic carbocycles. The van der Waals surface area contributed by atoms with Crippen LogP contribution in [0.25, 0.3) is 0 Å². The Balaban J connectivity index is 0.000000381. The van der Waals surface area contributed by atoms with E-state index in [1.165, 1.54) is 0 Å². The van der Waals surface area contributed by atoms with E-state index in [1.807, 2.05) is 72.8 Å². The van der Waals surface area contributed by atoms with E-state index in [9.17, 15) is 18.9 Å². The first-order valence-corrected chi connectivity index (χ1v) is 14.6. The fourth-order valence-corrected chi connectivity index (χ4v) is 4.36. The maximum Gasteiger partial charge on any atom is 1.00 e. The van der Waals surface area contributed by atoms with Gasteiger partial charge in [0.15, 0.2) is 0 Å². The third-order valence-electron chi connectivity index (χ3n) is 4.93. The topological polar surface area (TPSA) is 117 Å². The minimum absolute atomic E-state index is 0. The second-order valence-corrected chi connectivity index (χ2v) is 10.8. The van der Waals surface area contributed by atoms with E-state index in [4.69, 9.17) is 18.1 Å². The largest absolute Gasteiger partial charge is 1.00 e. The molecule has 4 rings (SSSR count). The molecule has 40 heavy (non-hydrogen) atoms. The van der Waals surface area contributed by atoms with E-state index in [2.05, 4.69) is 0 Å². The Kier molecular flexibility index (Phi) is 18.6. The molecule has 0 heterocycles. The van der Waals surface area contributed by atoms with Gasteiger partial charge in [0.2, 0.25) is 0 Å². The van der Waals surface area contributed by atoms with Gasteiger partial charge in [0, 0.05) is 0 Å². The first-order chi connectivity index (χ1) is 18.3. The summed E-state index contributed by atoms with van der Waals surface area (Å²) in [6.07, 6.45) is 0.